The Morgan fingerprint density at radius 3 is 2.71 bits per heavy atom. The SMILES string of the molecule is COc1cc(C)c(Cl)cc1-c1cscc1CN. The first-order valence-corrected chi connectivity index (χ1v) is 6.59. The normalized spacial score (nSPS) is 10.6. The van der Waals surface area contributed by atoms with Crippen molar-refractivity contribution in [2.24, 2.45) is 5.73 Å². The van der Waals surface area contributed by atoms with Crippen molar-refractivity contribution >= 4 is 22.9 Å². The van der Waals surface area contributed by atoms with Gasteiger partial charge >= 0.3 is 0 Å². The molecule has 0 atom stereocenters. The van der Waals surface area contributed by atoms with Crippen LogP contribution in [0.15, 0.2) is 22.9 Å². The number of ether oxygens (including phenoxy) is 1. The quantitative estimate of drug-likeness (QED) is 0.917. The van der Waals surface area contributed by atoms with E-state index >= 15 is 0 Å². The molecule has 0 aliphatic carbocycles. The van der Waals surface area contributed by atoms with Crippen LogP contribution in [0.4, 0.5) is 0 Å². The maximum absolute atomic E-state index is 6.17. The predicted octanol–water partition coefficient (Wildman–Crippen LogP) is 3.84. The molecule has 2 aromatic rings. The third-order valence-corrected chi connectivity index (χ3v) is 3.93. The molecule has 2 rings (SSSR count). The molecule has 0 spiro atoms. The molecular weight excluding hydrogens is 254 g/mol. The molecule has 17 heavy (non-hydrogen) atoms. The van der Waals surface area contributed by atoms with E-state index in [9.17, 15) is 0 Å². The van der Waals surface area contributed by atoms with Gasteiger partial charge in [-0.1, -0.05) is 11.6 Å². The first-order valence-electron chi connectivity index (χ1n) is 5.27. The molecule has 0 unspecified atom stereocenters. The van der Waals surface area contributed by atoms with E-state index in [1.807, 2.05) is 19.1 Å². The summed E-state index contributed by atoms with van der Waals surface area (Å²) in [6.07, 6.45) is 0. The van der Waals surface area contributed by atoms with Gasteiger partial charge in [0, 0.05) is 22.7 Å². The van der Waals surface area contributed by atoms with Crippen LogP contribution in [0.3, 0.4) is 0 Å². The zero-order valence-corrected chi connectivity index (χ0v) is 11.4. The van der Waals surface area contributed by atoms with Crippen LogP contribution in [0, 0.1) is 6.92 Å². The highest BCUT2D eigenvalue weighted by atomic mass is 35.5. The van der Waals surface area contributed by atoms with Crippen molar-refractivity contribution in [3.63, 3.8) is 0 Å². The number of nitrogens with two attached hydrogens (primary N) is 1. The number of hydrogen-bond donors (Lipinski definition) is 1. The van der Waals surface area contributed by atoms with Gasteiger partial charge in [0.05, 0.1) is 7.11 Å². The highest BCUT2D eigenvalue weighted by molar-refractivity contribution is 7.08. The Bertz CT molecular complexity index is 536. The third kappa shape index (κ3) is 2.32. The third-order valence-electron chi connectivity index (χ3n) is 2.73. The summed E-state index contributed by atoms with van der Waals surface area (Å²) in [5, 5.41) is 4.88. The van der Waals surface area contributed by atoms with Gasteiger partial charge < -0.3 is 10.5 Å². The summed E-state index contributed by atoms with van der Waals surface area (Å²) in [6.45, 7) is 2.49. The molecule has 2 nitrogen and oxygen atoms in total. The smallest absolute Gasteiger partial charge is 0.127 e. The average Bonchev–Trinajstić information content (AvgIpc) is 2.80. The van der Waals surface area contributed by atoms with Crippen molar-refractivity contribution in [3.05, 3.63) is 39.0 Å². The summed E-state index contributed by atoms with van der Waals surface area (Å²) in [6, 6.07) is 3.90. The molecule has 0 fully saturated rings. The van der Waals surface area contributed by atoms with Crippen LogP contribution < -0.4 is 10.5 Å². The number of thiophene rings is 1. The molecular formula is C13H14ClNOS. The highest BCUT2D eigenvalue weighted by Gasteiger charge is 2.12. The average molecular weight is 268 g/mol. The molecule has 2 N–H and O–H groups in total. The molecule has 0 saturated heterocycles. The van der Waals surface area contributed by atoms with Gasteiger partial charge in [-0.05, 0) is 40.9 Å². The van der Waals surface area contributed by atoms with Crippen LogP contribution in [-0.4, -0.2) is 7.11 Å². The van der Waals surface area contributed by atoms with E-state index in [-0.39, 0.29) is 0 Å². The summed E-state index contributed by atoms with van der Waals surface area (Å²) in [7, 11) is 1.67. The zero-order chi connectivity index (χ0) is 12.4. The van der Waals surface area contributed by atoms with E-state index in [0.29, 0.717) is 6.54 Å². The maximum Gasteiger partial charge on any atom is 0.127 e. The second kappa shape index (κ2) is 5.08. The maximum atomic E-state index is 6.17. The van der Waals surface area contributed by atoms with Crippen molar-refractivity contribution in [2.75, 3.05) is 7.11 Å². The van der Waals surface area contributed by atoms with Gasteiger partial charge in [0.15, 0.2) is 0 Å². The van der Waals surface area contributed by atoms with Crippen molar-refractivity contribution < 1.29 is 4.74 Å². The van der Waals surface area contributed by atoms with Crippen molar-refractivity contribution in [1.82, 2.24) is 0 Å². The fraction of sp³-hybridized carbons (Fsp3) is 0.231. The van der Waals surface area contributed by atoms with Crippen molar-refractivity contribution in [1.29, 1.82) is 0 Å². The van der Waals surface area contributed by atoms with E-state index < -0.39 is 0 Å². The predicted molar refractivity (Wildman–Crippen MR) is 73.9 cm³/mol. The molecule has 0 radical (unpaired) electrons. The van der Waals surface area contributed by atoms with Gasteiger partial charge in [-0.2, -0.15) is 11.3 Å². The van der Waals surface area contributed by atoms with Crippen LogP contribution in [0.25, 0.3) is 11.1 Å². The van der Waals surface area contributed by atoms with Crippen LogP contribution in [0.1, 0.15) is 11.1 Å². The van der Waals surface area contributed by atoms with Gasteiger partial charge in [0.2, 0.25) is 0 Å². The van der Waals surface area contributed by atoms with Crippen molar-refractivity contribution in [3.8, 4) is 16.9 Å². The molecule has 0 aliphatic rings. The summed E-state index contributed by atoms with van der Waals surface area (Å²) in [5.74, 6) is 0.833. The first kappa shape index (κ1) is 12.4. The van der Waals surface area contributed by atoms with Gasteiger partial charge in [0.25, 0.3) is 0 Å². The van der Waals surface area contributed by atoms with E-state index in [1.54, 1.807) is 18.4 Å². The van der Waals surface area contributed by atoms with Crippen LogP contribution in [0.5, 0.6) is 5.75 Å². The van der Waals surface area contributed by atoms with E-state index in [1.165, 1.54) is 0 Å². The number of methoxy groups -OCH3 is 1. The minimum absolute atomic E-state index is 0.521. The summed E-state index contributed by atoms with van der Waals surface area (Å²) in [4.78, 5) is 0. The molecule has 1 aromatic carbocycles. The highest BCUT2D eigenvalue weighted by Crippen LogP contribution is 2.37. The van der Waals surface area contributed by atoms with E-state index in [4.69, 9.17) is 22.1 Å². The Hall–Kier alpha value is -1.03. The summed E-state index contributed by atoms with van der Waals surface area (Å²) < 4.78 is 5.41. The van der Waals surface area contributed by atoms with Crippen LogP contribution in [0.2, 0.25) is 5.02 Å². The van der Waals surface area contributed by atoms with E-state index in [0.717, 1.165) is 33.0 Å². The Morgan fingerprint density at radius 2 is 2.06 bits per heavy atom. The standard InChI is InChI=1S/C13H14ClNOS/c1-8-3-13(16-2)10(4-12(8)14)11-7-17-6-9(11)5-15/h3-4,6-7H,5,15H2,1-2H3. The molecule has 1 heterocycles. The second-order valence-electron chi connectivity index (χ2n) is 3.82. The molecule has 0 aliphatic heterocycles. The molecule has 0 saturated carbocycles. The van der Waals surface area contributed by atoms with Crippen LogP contribution >= 0.6 is 22.9 Å². The number of hydrogen-bond acceptors (Lipinski definition) is 3. The Balaban J connectivity index is 2.62. The largest absolute Gasteiger partial charge is 0.496 e. The van der Waals surface area contributed by atoms with Gasteiger partial charge in [-0.15, -0.1) is 0 Å². The molecule has 1 aromatic heterocycles. The van der Waals surface area contributed by atoms with Gasteiger partial charge in [-0.3, -0.25) is 0 Å². The lowest BCUT2D eigenvalue weighted by molar-refractivity contribution is 0.416. The zero-order valence-electron chi connectivity index (χ0n) is 9.79. The summed E-state index contributed by atoms with van der Waals surface area (Å²) >= 11 is 7.81. The van der Waals surface area contributed by atoms with E-state index in [2.05, 4.69) is 10.8 Å². The number of halogens is 1. The Labute approximate surface area is 110 Å². The molecule has 0 bridgehead atoms. The monoisotopic (exact) mass is 267 g/mol. The summed E-state index contributed by atoms with van der Waals surface area (Å²) in [5.41, 5.74) is 9.97. The minimum Gasteiger partial charge on any atom is -0.496 e. The second-order valence-corrected chi connectivity index (χ2v) is 4.97. The lowest BCUT2D eigenvalue weighted by atomic mass is 10.0. The fourth-order valence-corrected chi connectivity index (χ4v) is 2.79. The topological polar surface area (TPSA) is 35.2 Å². The van der Waals surface area contributed by atoms with Gasteiger partial charge in [-0.25, -0.2) is 0 Å². The number of rotatable bonds is 3. The van der Waals surface area contributed by atoms with Crippen molar-refractivity contribution in [2.45, 2.75) is 13.5 Å². The number of aryl methyl sites for hydroxylation is 1. The lowest BCUT2D eigenvalue weighted by Crippen LogP contribution is -1.97. The Kier molecular flexibility index (Phi) is 3.72. The Morgan fingerprint density at radius 1 is 1.29 bits per heavy atom. The van der Waals surface area contributed by atoms with Crippen LogP contribution in [-0.2, 0) is 6.54 Å². The minimum atomic E-state index is 0.521. The van der Waals surface area contributed by atoms with Gasteiger partial charge in [0.1, 0.15) is 5.75 Å². The molecule has 90 valence electrons. The first-order chi connectivity index (χ1) is 8.17. The molecule has 0 amide bonds. The lowest BCUT2D eigenvalue weighted by Gasteiger charge is -2.11. The number of benzene rings is 1. The fourth-order valence-electron chi connectivity index (χ4n) is 1.75. The molecule has 4 heteroatoms.